The molecule has 1 aromatic heterocycles. The van der Waals surface area contributed by atoms with Gasteiger partial charge in [-0.15, -0.1) is 0 Å². The minimum atomic E-state index is -0.463. The van der Waals surface area contributed by atoms with Gasteiger partial charge in [0, 0.05) is 12.7 Å². The molecule has 1 rings (SSSR count). The predicted molar refractivity (Wildman–Crippen MR) is 54.1 cm³/mol. The van der Waals surface area contributed by atoms with Crippen molar-refractivity contribution in [3.63, 3.8) is 0 Å². The Kier molecular flexibility index (Phi) is 3.19. The highest BCUT2D eigenvalue weighted by molar-refractivity contribution is 7.71. The summed E-state index contributed by atoms with van der Waals surface area (Å²) < 4.78 is 2.38. The molecule has 1 heterocycles. The molecule has 0 bridgehead atoms. The van der Waals surface area contributed by atoms with E-state index >= 15 is 0 Å². The van der Waals surface area contributed by atoms with E-state index in [9.17, 15) is 4.79 Å². The van der Waals surface area contributed by atoms with Gasteiger partial charge in [-0.2, -0.15) is 0 Å². The normalized spacial score (nSPS) is 9.92. The smallest absolute Gasteiger partial charge is 0.251 e. The lowest BCUT2D eigenvalue weighted by molar-refractivity contribution is 0.0999. The van der Waals surface area contributed by atoms with Crippen molar-refractivity contribution in [2.45, 2.75) is 19.9 Å². The molecule has 0 unspecified atom stereocenters. The van der Waals surface area contributed by atoms with Gasteiger partial charge in [0.05, 0.1) is 5.56 Å². The summed E-state index contributed by atoms with van der Waals surface area (Å²) in [6.45, 7) is 2.87. The number of rotatable bonds is 3. The van der Waals surface area contributed by atoms with Crippen LogP contribution >= 0.6 is 12.2 Å². The molecule has 0 aliphatic carbocycles. The Hall–Kier alpha value is -1.16. The van der Waals surface area contributed by atoms with Crippen LogP contribution in [0.4, 0.5) is 0 Å². The number of aryl methyl sites for hydroxylation is 1. The molecule has 13 heavy (non-hydrogen) atoms. The Morgan fingerprint density at radius 3 is 2.92 bits per heavy atom. The first kappa shape index (κ1) is 9.92. The number of nitrogens with zero attached hydrogens (tertiary/aromatic N) is 1. The van der Waals surface area contributed by atoms with Crippen molar-refractivity contribution in [2.75, 3.05) is 0 Å². The third-order valence-electron chi connectivity index (χ3n) is 1.75. The molecule has 70 valence electrons. The minimum absolute atomic E-state index is 0.422. The zero-order valence-electron chi connectivity index (χ0n) is 7.49. The zero-order chi connectivity index (χ0) is 9.84. The maximum Gasteiger partial charge on any atom is 0.251 e. The summed E-state index contributed by atoms with van der Waals surface area (Å²) in [6.07, 6.45) is 2.84. The van der Waals surface area contributed by atoms with E-state index < -0.39 is 5.91 Å². The van der Waals surface area contributed by atoms with Gasteiger partial charge in [0.25, 0.3) is 5.91 Å². The van der Waals surface area contributed by atoms with E-state index in [4.69, 9.17) is 18.0 Å². The van der Waals surface area contributed by atoms with Crippen LogP contribution in [-0.4, -0.2) is 10.5 Å². The quantitative estimate of drug-likeness (QED) is 0.748. The van der Waals surface area contributed by atoms with E-state index in [0.717, 1.165) is 13.0 Å². The number of pyridine rings is 1. The molecule has 0 atom stereocenters. The molecule has 0 saturated carbocycles. The SMILES string of the molecule is CCCn1cccc(C(N)=O)c1=S. The van der Waals surface area contributed by atoms with Gasteiger partial charge in [-0.3, -0.25) is 4.79 Å². The van der Waals surface area contributed by atoms with Crippen molar-refractivity contribution >= 4 is 18.1 Å². The van der Waals surface area contributed by atoms with Crippen molar-refractivity contribution in [1.82, 2.24) is 4.57 Å². The Morgan fingerprint density at radius 1 is 1.69 bits per heavy atom. The Balaban J connectivity index is 3.19. The van der Waals surface area contributed by atoms with Gasteiger partial charge in [0.1, 0.15) is 4.64 Å². The fourth-order valence-corrected chi connectivity index (χ4v) is 1.46. The first-order valence-corrected chi connectivity index (χ1v) is 4.57. The van der Waals surface area contributed by atoms with Crippen molar-refractivity contribution in [3.8, 4) is 0 Å². The highest BCUT2D eigenvalue weighted by Crippen LogP contribution is 2.03. The average molecular weight is 196 g/mol. The number of nitrogens with two attached hydrogens (primary N) is 1. The second-order valence-corrected chi connectivity index (χ2v) is 3.17. The van der Waals surface area contributed by atoms with E-state index in [1.165, 1.54) is 0 Å². The van der Waals surface area contributed by atoms with E-state index in [1.807, 2.05) is 10.8 Å². The summed E-state index contributed by atoms with van der Waals surface area (Å²) in [4.78, 5) is 10.9. The van der Waals surface area contributed by atoms with Crippen molar-refractivity contribution in [1.29, 1.82) is 0 Å². The van der Waals surface area contributed by atoms with Crippen LogP contribution in [0.2, 0.25) is 0 Å². The van der Waals surface area contributed by atoms with Crippen LogP contribution in [-0.2, 0) is 6.54 Å². The van der Waals surface area contributed by atoms with Gasteiger partial charge in [-0.25, -0.2) is 0 Å². The first-order chi connectivity index (χ1) is 6.16. The van der Waals surface area contributed by atoms with Crippen LogP contribution in [0.5, 0.6) is 0 Å². The Labute approximate surface area is 82.2 Å². The molecule has 0 radical (unpaired) electrons. The number of hydrogen-bond donors (Lipinski definition) is 1. The highest BCUT2D eigenvalue weighted by Gasteiger charge is 2.03. The summed E-state index contributed by atoms with van der Waals surface area (Å²) in [5, 5.41) is 0. The molecule has 1 aromatic rings. The predicted octanol–water partition coefficient (Wildman–Crippen LogP) is 1.73. The summed E-state index contributed by atoms with van der Waals surface area (Å²) in [5.74, 6) is -0.463. The van der Waals surface area contributed by atoms with E-state index in [-0.39, 0.29) is 0 Å². The molecule has 2 N–H and O–H groups in total. The molecule has 1 amide bonds. The lowest BCUT2D eigenvalue weighted by atomic mass is 10.2. The Morgan fingerprint density at radius 2 is 2.38 bits per heavy atom. The molecule has 3 nitrogen and oxygen atoms in total. The topological polar surface area (TPSA) is 48.0 Å². The van der Waals surface area contributed by atoms with Crippen molar-refractivity contribution < 1.29 is 4.79 Å². The Bertz CT molecular complexity index is 370. The standard InChI is InChI=1S/C9H12N2OS/c1-2-5-11-6-3-4-7(8(10)12)9(11)13/h3-4,6H,2,5H2,1H3,(H2,10,12). The van der Waals surface area contributed by atoms with Gasteiger partial charge < -0.3 is 10.3 Å². The van der Waals surface area contributed by atoms with Crippen LogP contribution in [0, 0.1) is 4.64 Å². The molecule has 4 heteroatoms. The third kappa shape index (κ3) is 2.15. The number of primary amides is 1. The third-order valence-corrected chi connectivity index (χ3v) is 2.20. The largest absolute Gasteiger partial charge is 0.366 e. The van der Waals surface area contributed by atoms with Crippen molar-refractivity contribution in [2.24, 2.45) is 5.73 Å². The number of amides is 1. The zero-order valence-corrected chi connectivity index (χ0v) is 8.30. The molecular formula is C9H12N2OS. The van der Waals surface area contributed by atoms with Crippen LogP contribution in [0.3, 0.4) is 0 Å². The van der Waals surface area contributed by atoms with E-state index in [0.29, 0.717) is 10.2 Å². The number of carbonyl (C=O) groups excluding carboxylic acids is 1. The van der Waals surface area contributed by atoms with E-state index in [2.05, 4.69) is 6.92 Å². The summed E-state index contributed by atoms with van der Waals surface area (Å²) in [6, 6.07) is 3.43. The van der Waals surface area contributed by atoms with Crippen LogP contribution in [0.1, 0.15) is 23.7 Å². The van der Waals surface area contributed by atoms with Gasteiger partial charge in [0.2, 0.25) is 0 Å². The van der Waals surface area contributed by atoms with Gasteiger partial charge in [-0.1, -0.05) is 19.1 Å². The first-order valence-electron chi connectivity index (χ1n) is 4.16. The number of hydrogen-bond acceptors (Lipinski definition) is 2. The molecular weight excluding hydrogens is 184 g/mol. The molecule has 0 fully saturated rings. The molecule has 0 saturated heterocycles. The summed E-state index contributed by atoms with van der Waals surface area (Å²) >= 11 is 5.10. The van der Waals surface area contributed by atoms with E-state index in [1.54, 1.807) is 12.1 Å². The maximum absolute atomic E-state index is 10.9. The minimum Gasteiger partial charge on any atom is -0.366 e. The summed E-state index contributed by atoms with van der Waals surface area (Å²) in [7, 11) is 0. The monoisotopic (exact) mass is 196 g/mol. The van der Waals surface area contributed by atoms with Gasteiger partial charge in [-0.05, 0) is 18.6 Å². The molecule has 0 aliphatic rings. The second-order valence-electron chi connectivity index (χ2n) is 2.78. The highest BCUT2D eigenvalue weighted by atomic mass is 32.1. The second kappa shape index (κ2) is 4.18. The number of aromatic nitrogens is 1. The van der Waals surface area contributed by atoms with Crippen LogP contribution in [0.25, 0.3) is 0 Å². The fraction of sp³-hybridized carbons (Fsp3) is 0.333. The van der Waals surface area contributed by atoms with Gasteiger partial charge >= 0.3 is 0 Å². The maximum atomic E-state index is 10.9. The van der Waals surface area contributed by atoms with Crippen LogP contribution < -0.4 is 5.73 Å². The lowest BCUT2D eigenvalue weighted by Gasteiger charge is -2.06. The molecule has 0 aliphatic heterocycles. The molecule has 0 aromatic carbocycles. The summed E-state index contributed by atoms with van der Waals surface area (Å²) in [5.41, 5.74) is 5.58. The number of carbonyl (C=O) groups is 1. The fourth-order valence-electron chi connectivity index (χ4n) is 1.14. The average Bonchev–Trinajstić information content (AvgIpc) is 2.08. The van der Waals surface area contributed by atoms with Gasteiger partial charge in [0.15, 0.2) is 0 Å². The molecule has 0 spiro atoms. The lowest BCUT2D eigenvalue weighted by Crippen LogP contribution is -2.14. The van der Waals surface area contributed by atoms with Crippen LogP contribution in [0.15, 0.2) is 18.3 Å². The van der Waals surface area contributed by atoms with Crippen molar-refractivity contribution in [3.05, 3.63) is 28.5 Å².